The molecule has 1 aliphatic carbocycles. The van der Waals surface area contributed by atoms with E-state index in [0.717, 1.165) is 5.56 Å². The van der Waals surface area contributed by atoms with Crippen molar-refractivity contribution >= 4 is 34.4 Å². The lowest BCUT2D eigenvalue weighted by molar-refractivity contribution is -0.141. The maximum absolute atomic E-state index is 13.8. The number of H-pyrrole nitrogens is 1. The van der Waals surface area contributed by atoms with Crippen LogP contribution in [-0.2, 0) is 9.59 Å². The van der Waals surface area contributed by atoms with Crippen molar-refractivity contribution in [3.8, 4) is 0 Å². The van der Waals surface area contributed by atoms with E-state index in [1.807, 2.05) is 30.3 Å². The number of hydrogen-bond donors (Lipinski definition) is 4. The molecular weight excluding hydrogens is 487 g/mol. The van der Waals surface area contributed by atoms with E-state index in [1.54, 1.807) is 23.1 Å². The Morgan fingerprint density at radius 1 is 1.05 bits per heavy atom. The number of aromatic carboxylic acids is 1. The first-order chi connectivity index (χ1) is 18.4. The molecule has 1 aliphatic heterocycles. The molecule has 0 bridgehead atoms. The van der Waals surface area contributed by atoms with E-state index in [4.69, 9.17) is 5.73 Å². The molecule has 1 saturated heterocycles. The van der Waals surface area contributed by atoms with Gasteiger partial charge < -0.3 is 26.0 Å². The SMILES string of the molecule is N[C@H](CF)C1CCC(C(=O)N2CC[C@H](c3ccccc3)[C@H]2C(=O)Nc2ccc3[nH]c(C(=O)O)cc3c2)CC1. The first kappa shape index (κ1) is 25.9. The van der Waals surface area contributed by atoms with Crippen molar-refractivity contribution in [2.24, 2.45) is 17.6 Å². The Hall–Kier alpha value is -3.72. The largest absolute Gasteiger partial charge is 0.477 e. The Labute approximate surface area is 220 Å². The molecule has 0 unspecified atom stereocenters. The summed E-state index contributed by atoms with van der Waals surface area (Å²) in [6, 6.07) is 15.3. The number of carbonyl (C=O) groups excluding carboxylic acids is 2. The van der Waals surface area contributed by atoms with Gasteiger partial charge in [0.05, 0.1) is 0 Å². The fourth-order valence-corrected chi connectivity index (χ4v) is 6.11. The minimum absolute atomic E-state index is 0.0250. The predicted octanol–water partition coefficient (Wildman–Crippen LogP) is 4.29. The summed E-state index contributed by atoms with van der Waals surface area (Å²) in [5.74, 6) is -1.61. The molecule has 0 radical (unpaired) electrons. The van der Waals surface area contributed by atoms with Gasteiger partial charge in [0, 0.05) is 41.0 Å². The molecule has 2 aromatic carbocycles. The molecule has 38 heavy (non-hydrogen) atoms. The minimum atomic E-state index is -1.06. The summed E-state index contributed by atoms with van der Waals surface area (Å²) >= 11 is 0. The molecule has 200 valence electrons. The average molecular weight is 521 g/mol. The molecule has 9 heteroatoms. The minimum Gasteiger partial charge on any atom is -0.477 e. The van der Waals surface area contributed by atoms with Gasteiger partial charge in [0.2, 0.25) is 11.8 Å². The molecule has 1 aromatic heterocycles. The molecule has 3 aromatic rings. The number of anilines is 1. The van der Waals surface area contributed by atoms with Gasteiger partial charge in [-0.05, 0) is 67.9 Å². The maximum Gasteiger partial charge on any atom is 0.352 e. The topological polar surface area (TPSA) is 129 Å². The van der Waals surface area contributed by atoms with Gasteiger partial charge in [-0.25, -0.2) is 9.18 Å². The van der Waals surface area contributed by atoms with E-state index in [-0.39, 0.29) is 35.3 Å². The number of fused-ring (bicyclic) bond motifs is 1. The molecule has 1 saturated carbocycles. The van der Waals surface area contributed by atoms with Gasteiger partial charge in [-0.15, -0.1) is 0 Å². The second-order valence-electron chi connectivity index (χ2n) is 10.5. The fraction of sp³-hybridized carbons (Fsp3) is 0.414. The van der Waals surface area contributed by atoms with Crippen molar-refractivity contribution in [3.63, 3.8) is 0 Å². The summed E-state index contributed by atoms with van der Waals surface area (Å²) in [7, 11) is 0. The second-order valence-corrected chi connectivity index (χ2v) is 10.5. The number of halogens is 1. The van der Waals surface area contributed by atoms with Crippen LogP contribution in [0.15, 0.2) is 54.6 Å². The Balaban J connectivity index is 1.37. The number of aromatic nitrogens is 1. The molecule has 2 heterocycles. The predicted molar refractivity (Wildman–Crippen MR) is 143 cm³/mol. The fourth-order valence-electron chi connectivity index (χ4n) is 6.11. The van der Waals surface area contributed by atoms with Crippen LogP contribution < -0.4 is 11.1 Å². The van der Waals surface area contributed by atoms with Crippen LogP contribution in [0.1, 0.15) is 54.1 Å². The number of carboxylic acids is 1. The van der Waals surface area contributed by atoms with Gasteiger partial charge in [0.15, 0.2) is 0 Å². The van der Waals surface area contributed by atoms with E-state index in [2.05, 4.69) is 10.3 Å². The number of nitrogens with two attached hydrogens (primary N) is 1. The number of hydrogen-bond acceptors (Lipinski definition) is 4. The first-order valence-electron chi connectivity index (χ1n) is 13.2. The van der Waals surface area contributed by atoms with Crippen molar-refractivity contribution in [1.29, 1.82) is 0 Å². The smallest absolute Gasteiger partial charge is 0.352 e. The zero-order valence-electron chi connectivity index (χ0n) is 21.1. The number of carboxylic acid groups (broad SMARTS) is 1. The molecule has 2 fully saturated rings. The van der Waals surface area contributed by atoms with E-state index < -0.39 is 24.7 Å². The van der Waals surface area contributed by atoms with Crippen LogP contribution in [0.4, 0.5) is 10.1 Å². The summed E-state index contributed by atoms with van der Waals surface area (Å²) < 4.78 is 13.0. The number of nitrogens with zero attached hydrogens (tertiary/aromatic N) is 1. The third-order valence-corrected chi connectivity index (χ3v) is 8.20. The lowest BCUT2D eigenvalue weighted by Gasteiger charge is -2.35. The summed E-state index contributed by atoms with van der Waals surface area (Å²) in [5.41, 5.74) is 8.17. The van der Waals surface area contributed by atoms with Gasteiger partial charge in [-0.2, -0.15) is 0 Å². The molecule has 8 nitrogen and oxygen atoms in total. The van der Waals surface area contributed by atoms with Crippen molar-refractivity contribution < 1.29 is 23.9 Å². The summed E-state index contributed by atoms with van der Waals surface area (Å²) in [4.78, 5) is 43.4. The zero-order chi connectivity index (χ0) is 26.8. The molecule has 5 rings (SSSR count). The standard InChI is InChI=1S/C29H33FN4O4/c30-16-23(31)18-6-8-19(9-7-18)28(36)34-13-12-22(17-4-2-1-3-5-17)26(34)27(35)32-21-10-11-24-20(14-21)15-25(33-24)29(37)38/h1-5,10-11,14-15,18-19,22-23,26,33H,6-9,12-13,16,31H2,(H,32,35)(H,37,38)/t18?,19?,22-,23-,26+/m1/s1. The summed E-state index contributed by atoms with van der Waals surface area (Å²) in [6.07, 6.45) is 3.39. The molecule has 2 aliphatic rings. The monoisotopic (exact) mass is 520 g/mol. The lowest BCUT2D eigenvalue weighted by atomic mass is 9.78. The van der Waals surface area contributed by atoms with Crippen LogP contribution in [0.25, 0.3) is 10.9 Å². The van der Waals surface area contributed by atoms with E-state index in [9.17, 15) is 23.9 Å². The number of rotatable bonds is 7. The highest BCUT2D eigenvalue weighted by Gasteiger charge is 2.44. The number of nitrogens with one attached hydrogen (secondary N) is 2. The number of alkyl halides is 1. The number of carbonyl (C=O) groups is 3. The first-order valence-corrected chi connectivity index (χ1v) is 13.2. The Bertz CT molecular complexity index is 1320. The van der Waals surface area contributed by atoms with Crippen LogP contribution in [0.2, 0.25) is 0 Å². The molecule has 5 N–H and O–H groups in total. The maximum atomic E-state index is 13.8. The Kier molecular flexibility index (Phi) is 7.46. The van der Waals surface area contributed by atoms with Crippen LogP contribution in [-0.4, -0.2) is 58.1 Å². The number of amides is 2. The number of likely N-dealkylation sites (tertiary alicyclic amines) is 1. The zero-order valence-corrected chi connectivity index (χ0v) is 21.1. The van der Waals surface area contributed by atoms with Crippen molar-refractivity contribution in [2.45, 2.75) is 50.1 Å². The number of aromatic amines is 1. The molecular formula is C29H33FN4O4. The van der Waals surface area contributed by atoms with Crippen molar-refractivity contribution in [3.05, 3.63) is 65.9 Å². The second kappa shape index (κ2) is 10.9. The quantitative estimate of drug-likeness (QED) is 0.369. The van der Waals surface area contributed by atoms with E-state index >= 15 is 0 Å². The van der Waals surface area contributed by atoms with Gasteiger partial charge in [-0.3, -0.25) is 9.59 Å². The van der Waals surface area contributed by atoms with Crippen LogP contribution in [0.3, 0.4) is 0 Å². The highest BCUT2D eigenvalue weighted by Crippen LogP contribution is 2.38. The van der Waals surface area contributed by atoms with Crippen LogP contribution in [0.5, 0.6) is 0 Å². The third-order valence-electron chi connectivity index (χ3n) is 8.20. The Morgan fingerprint density at radius 2 is 1.79 bits per heavy atom. The lowest BCUT2D eigenvalue weighted by Crippen LogP contribution is -2.48. The van der Waals surface area contributed by atoms with Crippen molar-refractivity contribution in [2.75, 3.05) is 18.5 Å². The summed E-state index contributed by atoms with van der Waals surface area (Å²) in [5, 5.41) is 12.9. The van der Waals surface area contributed by atoms with Gasteiger partial charge in [0.1, 0.15) is 18.4 Å². The molecule has 0 spiro atoms. The Morgan fingerprint density at radius 3 is 2.47 bits per heavy atom. The highest BCUT2D eigenvalue weighted by atomic mass is 19.1. The van der Waals surface area contributed by atoms with E-state index in [0.29, 0.717) is 55.2 Å². The molecule has 3 atom stereocenters. The van der Waals surface area contributed by atoms with E-state index in [1.165, 1.54) is 6.07 Å². The van der Waals surface area contributed by atoms with Gasteiger partial charge in [0.25, 0.3) is 0 Å². The third kappa shape index (κ3) is 5.15. The molecule has 2 amide bonds. The van der Waals surface area contributed by atoms with Crippen molar-refractivity contribution in [1.82, 2.24) is 9.88 Å². The highest BCUT2D eigenvalue weighted by molar-refractivity contribution is 6.01. The number of benzene rings is 2. The average Bonchev–Trinajstić information content (AvgIpc) is 3.58. The summed E-state index contributed by atoms with van der Waals surface area (Å²) in [6.45, 7) is -0.0677. The normalized spacial score (nSPS) is 24.3. The van der Waals surface area contributed by atoms with Crippen LogP contribution in [0, 0.1) is 11.8 Å². The van der Waals surface area contributed by atoms with Crippen LogP contribution >= 0.6 is 0 Å². The van der Waals surface area contributed by atoms with Gasteiger partial charge in [-0.1, -0.05) is 30.3 Å². The van der Waals surface area contributed by atoms with Gasteiger partial charge >= 0.3 is 5.97 Å².